The van der Waals surface area contributed by atoms with Crippen LogP contribution in [0.2, 0.25) is 0 Å². The zero-order valence-electron chi connectivity index (χ0n) is 21.3. The SMILES string of the molecule is C/C=C\C(=C/C)c1cc(C(F)(F)F)c2nc(CC(=O)NC(CC3CNc4ccccc43)C(=O)OC)cn2c1. The number of nitrogens with zero attached hydrogens (tertiary/aromatic N) is 2. The van der Waals surface area contributed by atoms with E-state index in [0.717, 1.165) is 17.3 Å². The fourth-order valence-corrected chi connectivity index (χ4v) is 4.76. The van der Waals surface area contributed by atoms with E-state index in [2.05, 4.69) is 15.6 Å². The summed E-state index contributed by atoms with van der Waals surface area (Å²) < 4.78 is 47.9. The second-order valence-electron chi connectivity index (χ2n) is 9.07. The molecule has 1 aliphatic rings. The summed E-state index contributed by atoms with van der Waals surface area (Å²) in [4.78, 5) is 29.5. The number of alkyl halides is 3. The first-order chi connectivity index (χ1) is 18.1. The van der Waals surface area contributed by atoms with E-state index >= 15 is 0 Å². The van der Waals surface area contributed by atoms with E-state index in [1.165, 1.54) is 17.7 Å². The molecule has 0 saturated carbocycles. The van der Waals surface area contributed by atoms with Crippen LogP contribution in [0, 0.1) is 0 Å². The largest absolute Gasteiger partial charge is 0.467 e. The number of rotatable bonds is 8. The zero-order chi connectivity index (χ0) is 27.4. The number of imidazole rings is 1. The number of carbonyl (C=O) groups excluding carboxylic acids is 2. The van der Waals surface area contributed by atoms with Gasteiger partial charge in [-0.15, -0.1) is 0 Å². The molecule has 7 nitrogen and oxygen atoms in total. The number of methoxy groups -OCH3 is 1. The Morgan fingerprint density at radius 2 is 2.03 bits per heavy atom. The second-order valence-corrected chi connectivity index (χ2v) is 9.07. The third-order valence-corrected chi connectivity index (χ3v) is 6.52. The normalized spacial score (nSPS) is 16.4. The molecular weight excluding hydrogens is 497 g/mol. The van der Waals surface area contributed by atoms with Crippen molar-refractivity contribution in [3.63, 3.8) is 0 Å². The maximum atomic E-state index is 13.9. The quantitative estimate of drug-likeness (QED) is 0.314. The Balaban J connectivity index is 1.57. The molecule has 0 fully saturated rings. The van der Waals surface area contributed by atoms with Crippen molar-refractivity contribution in [3.8, 4) is 0 Å². The van der Waals surface area contributed by atoms with Crippen molar-refractivity contribution in [2.24, 2.45) is 0 Å². The van der Waals surface area contributed by atoms with Gasteiger partial charge < -0.3 is 19.8 Å². The van der Waals surface area contributed by atoms with Crippen molar-refractivity contribution in [1.29, 1.82) is 0 Å². The number of anilines is 1. The monoisotopic (exact) mass is 526 g/mol. The Bertz CT molecular complexity index is 1410. The third kappa shape index (κ3) is 5.74. The fraction of sp³-hybridized carbons (Fsp3) is 0.321. The zero-order valence-corrected chi connectivity index (χ0v) is 21.3. The lowest BCUT2D eigenvalue weighted by molar-refractivity contribution is -0.145. The van der Waals surface area contributed by atoms with Crippen LogP contribution in [0.5, 0.6) is 0 Å². The Morgan fingerprint density at radius 3 is 2.71 bits per heavy atom. The smallest absolute Gasteiger partial charge is 0.420 e. The third-order valence-electron chi connectivity index (χ3n) is 6.52. The predicted octanol–water partition coefficient (Wildman–Crippen LogP) is 5.13. The Labute approximate surface area is 218 Å². The first kappa shape index (κ1) is 27.0. The predicted molar refractivity (Wildman–Crippen MR) is 139 cm³/mol. The lowest BCUT2D eigenvalue weighted by Gasteiger charge is -2.20. The van der Waals surface area contributed by atoms with Crippen molar-refractivity contribution in [2.75, 3.05) is 19.0 Å². The number of pyridine rings is 1. The first-order valence-electron chi connectivity index (χ1n) is 12.2. The minimum atomic E-state index is -4.64. The summed E-state index contributed by atoms with van der Waals surface area (Å²) in [6.07, 6.45) is 3.51. The van der Waals surface area contributed by atoms with Gasteiger partial charge in [0.05, 0.1) is 24.8 Å². The maximum Gasteiger partial charge on any atom is 0.420 e. The molecule has 2 N–H and O–H groups in total. The van der Waals surface area contributed by atoms with Gasteiger partial charge in [0.25, 0.3) is 0 Å². The minimum absolute atomic E-state index is 0.0171. The number of ether oxygens (including phenoxy) is 1. The lowest BCUT2D eigenvalue weighted by Crippen LogP contribution is -2.43. The Morgan fingerprint density at radius 1 is 1.26 bits per heavy atom. The number of amides is 1. The van der Waals surface area contributed by atoms with Gasteiger partial charge in [0, 0.05) is 30.5 Å². The number of para-hydroxylation sites is 1. The highest BCUT2D eigenvalue weighted by atomic mass is 19.4. The highest BCUT2D eigenvalue weighted by molar-refractivity contribution is 5.85. The molecule has 2 aromatic heterocycles. The van der Waals surface area contributed by atoms with E-state index in [1.807, 2.05) is 24.3 Å². The van der Waals surface area contributed by atoms with E-state index in [-0.39, 0.29) is 23.7 Å². The molecule has 3 aromatic rings. The van der Waals surface area contributed by atoms with Crippen LogP contribution in [0.1, 0.15) is 48.6 Å². The van der Waals surface area contributed by atoms with Crippen LogP contribution in [0.4, 0.5) is 18.9 Å². The van der Waals surface area contributed by atoms with Gasteiger partial charge in [0.1, 0.15) is 11.7 Å². The van der Waals surface area contributed by atoms with Crippen LogP contribution in [0.3, 0.4) is 0 Å². The average molecular weight is 527 g/mol. The minimum Gasteiger partial charge on any atom is -0.467 e. The van der Waals surface area contributed by atoms with Crippen molar-refractivity contribution < 1.29 is 27.5 Å². The standard InChI is InChI=1S/C28H29F3N4O3/c1-4-8-17(5-2)19-11-22(28(29,30)31)26-33-20(16-35(26)15-19)13-25(36)34-24(27(37)38-3)12-18-14-32-23-10-7-6-9-21(18)23/h4-11,15-16,18,24,32H,12-14H2,1-3H3,(H,34,36)/b8-4-,17-5+. The van der Waals surface area contributed by atoms with Gasteiger partial charge >= 0.3 is 12.1 Å². The molecule has 2 atom stereocenters. The molecule has 4 rings (SSSR count). The summed E-state index contributed by atoms with van der Waals surface area (Å²) in [6, 6.07) is 7.87. The van der Waals surface area contributed by atoms with Gasteiger partial charge in [-0.25, -0.2) is 9.78 Å². The molecule has 0 radical (unpaired) electrons. The topological polar surface area (TPSA) is 84.7 Å². The van der Waals surface area contributed by atoms with Gasteiger partial charge in [0.15, 0.2) is 0 Å². The summed E-state index contributed by atoms with van der Waals surface area (Å²) in [5.74, 6) is -1.15. The summed E-state index contributed by atoms with van der Waals surface area (Å²) >= 11 is 0. The highest BCUT2D eigenvalue weighted by Gasteiger charge is 2.35. The summed E-state index contributed by atoms with van der Waals surface area (Å²) in [7, 11) is 1.24. The average Bonchev–Trinajstić information content (AvgIpc) is 3.48. The van der Waals surface area contributed by atoms with Crippen molar-refractivity contribution in [3.05, 3.63) is 83.3 Å². The molecule has 1 aromatic carbocycles. The van der Waals surface area contributed by atoms with E-state index < -0.39 is 29.7 Å². The molecule has 0 saturated heterocycles. The first-order valence-corrected chi connectivity index (χ1v) is 12.2. The number of fused-ring (bicyclic) bond motifs is 2. The summed E-state index contributed by atoms with van der Waals surface area (Å²) in [5.41, 5.74) is 1.97. The molecule has 0 aliphatic carbocycles. The highest BCUT2D eigenvalue weighted by Crippen LogP contribution is 2.35. The molecule has 2 unspecified atom stereocenters. The number of allylic oxidation sites excluding steroid dienone is 4. The van der Waals surface area contributed by atoms with Gasteiger partial charge in [-0.2, -0.15) is 13.2 Å². The molecule has 3 heterocycles. The van der Waals surface area contributed by atoms with Crippen molar-refractivity contribution >= 4 is 28.8 Å². The van der Waals surface area contributed by atoms with Crippen LogP contribution in [0.15, 0.2) is 61.0 Å². The summed E-state index contributed by atoms with van der Waals surface area (Å²) in [6.45, 7) is 4.14. The van der Waals surface area contributed by atoms with Crippen LogP contribution in [-0.4, -0.2) is 41.0 Å². The van der Waals surface area contributed by atoms with Crippen molar-refractivity contribution in [2.45, 2.75) is 44.8 Å². The number of benzene rings is 1. The van der Waals surface area contributed by atoms with E-state index in [4.69, 9.17) is 4.74 Å². The lowest BCUT2D eigenvalue weighted by atomic mass is 9.94. The van der Waals surface area contributed by atoms with E-state index in [0.29, 0.717) is 24.1 Å². The van der Waals surface area contributed by atoms with Gasteiger partial charge in [-0.05, 0) is 49.1 Å². The maximum absolute atomic E-state index is 13.9. The Kier molecular flexibility index (Phi) is 7.89. The second kappa shape index (κ2) is 11.1. The Hall–Kier alpha value is -4.08. The van der Waals surface area contributed by atoms with Gasteiger partial charge in [-0.1, -0.05) is 36.4 Å². The number of aromatic nitrogens is 2. The fourth-order valence-electron chi connectivity index (χ4n) is 4.76. The van der Waals surface area contributed by atoms with Crippen molar-refractivity contribution in [1.82, 2.24) is 14.7 Å². The number of carbonyl (C=O) groups is 2. The van der Waals surface area contributed by atoms with Crippen LogP contribution in [-0.2, 0) is 26.9 Å². The molecule has 0 spiro atoms. The number of esters is 1. The number of hydrogen-bond acceptors (Lipinski definition) is 5. The molecule has 1 amide bonds. The molecule has 0 bridgehead atoms. The van der Waals surface area contributed by atoms with Gasteiger partial charge in [-0.3, -0.25) is 4.79 Å². The molecule has 1 aliphatic heterocycles. The van der Waals surface area contributed by atoms with Crippen LogP contribution in [0.25, 0.3) is 11.2 Å². The van der Waals surface area contributed by atoms with Crippen LogP contribution < -0.4 is 10.6 Å². The molecule has 38 heavy (non-hydrogen) atoms. The molecular formula is C28H29F3N4O3. The number of hydrogen-bond donors (Lipinski definition) is 2. The van der Waals surface area contributed by atoms with E-state index in [1.54, 1.807) is 38.3 Å². The number of halogens is 3. The van der Waals surface area contributed by atoms with E-state index in [9.17, 15) is 22.8 Å². The molecule has 200 valence electrons. The van der Waals surface area contributed by atoms with Gasteiger partial charge in [0.2, 0.25) is 5.91 Å². The van der Waals surface area contributed by atoms with Crippen LogP contribution >= 0.6 is 0 Å². The summed E-state index contributed by atoms with van der Waals surface area (Å²) in [5, 5.41) is 5.97. The molecule has 10 heteroatoms. The number of nitrogens with one attached hydrogen (secondary N) is 2.